The Morgan fingerprint density at radius 1 is 1.32 bits per heavy atom. The fourth-order valence-corrected chi connectivity index (χ4v) is 2.52. The molecule has 1 heterocycles. The van der Waals surface area contributed by atoms with Gasteiger partial charge in [0, 0.05) is 21.9 Å². The second kappa shape index (κ2) is 6.59. The molecule has 0 N–H and O–H groups in total. The summed E-state index contributed by atoms with van der Waals surface area (Å²) in [5, 5.41) is 0.706. The average Bonchev–Trinajstić information content (AvgIpc) is 2.46. The first-order valence-electron chi connectivity index (χ1n) is 5.61. The minimum Gasteiger partial charge on any atom is -0.465 e. The molecule has 5 heteroatoms. The van der Waals surface area contributed by atoms with Gasteiger partial charge in [-0.05, 0) is 36.4 Å². The van der Waals surface area contributed by atoms with E-state index in [9.17, 15) is 4.79 Å². The molecule has 0 aliphatic rings. The lowest BCUT2D eigenvalue weighted by Crippen LogP contribution is -2.06. The Hall–Kier alpha value is -1.52. The van der Waals surface area contributed by atoms with Crippen LogP contribution in [0.1, 0.15) is 16.1 Å². The van der Waals surface area contributed by atoms with Crippen LogP contribution in [-0.2, 0) is 10.5 Å². The van der Waals surface area contributed by atoms with Gasteiger partial charge in [0.05, 0.1) is 18.4 Å². The number of nitrogens with zero attached hydrogens (tertiary/aromatic N) is 1. The number of hydrogen-bond acceptors (Lipinski definition) is 4. The molecule has 0 bridgehead atoms. The van der Waals surface area contributed by atoms with Crippen molar-refractivity contribution in [1.82, 2.24) is 4.98 Å². The van der Waals surface area contributed by atoms with Gasteiger partial charge in [0.25, 0.3) is 0 Å². The van der Waals surface area contributed by atoms with Crippen LogP contribution < -0.4 is 0 Å². The van der Waals surface area contributed by atoms with E-state index in [1.165, 1.54) is 7.11 Å². The zero-order valence-electron chi connectivity index (χ0n) is 10.3. The number of benzene rings is 1. The van der Waals surface area contributed by atoms with E-state index in [1.807, 2.05) is 24.3 Å². The molecule has 0 atom stereocenters. The van der Waals surface area contributed by atoms with Gasteiger partial charge in [-0.25, -0.2) is 4.79 Å². The maximum absolute atomic E-state index is 11.6. The predicted molar refractivity (Wildman–Crippen MR) is 76.6 cm³/mol. The van der Waals surface area contributed by atoms with Crippen molar-refractivity contribution in [2.75, 3.05) is 7.11 Å². The Balaban J connectivity index is 2.11. The first-order chi connectivity index (χ1) is 9.20. The van der Waals surface area contributed by atoms with Gasteiger partial charge in [-0.3, -0.25) is 4.98 Å². The normalized spacial score (nSPS) is 10.2. The van der Waals surface area contributed by atoms with Crippen LogP contribution in [0.5, 0.6) is 0 Å². The first kappa shape index (κ1) is 13.9. The van der Waals surface area contributed by atoms with Crippen LogP contribution in [-0.4, -0.2) is 18.1 Å². The molecule has 3 nitrogen and oxygen atoms in total. The van der Waals surface area contributed by atoms with Gasteiger partial charge in [0.2, 0.25) is 0 Å². The lowest BCUT2D eigenvalue weighted by Gasteiger charge is -2.06. The Labute approximate surface area is 121 Å². The number of carbonyl (C=O) groups is 1. The van der Waals surface area contributed by atoms with Crippen molar-refractivity contribution in [2.24, 2.45) is 0 Å². The van der Waals surface area contributed by atoms with E-state index in [0.29, 0.717) is 22.0 Å². The van der Waals surface area contributed by atoms with Crippen LogP contribution in [0.15, 0.2) is 47.5 Å². The van der Waals surface area contributed by atoms with Crippen molar-refractivity contribution >= 4 is 29.3 Å². The van der Waals surface area contributed by atoms with E-state index in [4.69, 9.17) is 16.3 Å². The van der Waals surface area contributed by atoms with Crippen molar-refractivity contribution in [3.05, 3.63) is 58.9 Å². The molecule has 98 valence electrons. The number of aromatic nitrogens is 1. The standard InChI is InChI=1S/C14H12ClNO2S/c1-18-14(17)12-3-2-8-16-13(12)9-19-11-6-4-10(15)5-7-11/h2-8H,9H2,1H3. The maximum atomic E-state index is 11.6. The lowest BCUT2D eigenvalue weighted by molar-refractivity contribution is 0.0599. The summed E-state index contributed by atoms with van der Waals surface area (Å²) in [6.45, 7) is 0. The summed E-state index contributed by atoms with van der Waals surface area (Å²) >= 11 is 7.43. The number of halogens is 1. The number of esters is 1. The van der Waals surface area contributed by atoms with Gasteiger partial charge in [-0.1, -0.05) is 11.6 Å². The number of rotatable bonds is 4. The number of carbonyl (C=O) groups excluding carboxylic acids is 1. The number of ether oxygens (including phenoxy) is 1. The highest BCUT2D eigenvalue weighted by Crippen LogP contribution is 2.24. The minimum absolute atomic E-state index is 0.361. The molecule has 0 aliphatic heterocycles. The Kier molecular flexibility index (Phi) is 4.82. The van der Waals surface area contributed by atoms with Crippen molar-refractivity contribution in [2.45, 2.75) is 10.6 Å². The molecule has 0 fully saturated rings. The number of thioether (sulfide) groups is 1. The Morgan fingerprint density at radius 2 is 2.05 bits per heavy atom. The van der Waals surface area contributed by atoms with Crippen LogP contribution >= 0.6 is 23.4 Å². The number of methoxy groups -OCH3 is 1. The first-order valence-corrected chi connectivity index (χ1v) is 6.97. The van der Waals surface area contributed by atoms with Gasteiger partial charge < -0.3 is 4.74 Å². The Bertz CT molecular complexity index is 572. The summed E-state index contributed by atoms with van der Waals surface area (Å²) < 4.78 is 4.74. The highest BCUT2D eigenvalue weighted by Gasteiger charge is 2.12. The molecule has 1 aromatic carbocycles. The zero-order chi connectivity index (χ0) is 13.7. The smallest absolute Gasteiger partial charge is 0.339 e. The largest absolute Gasteiger partial charge is 0.465 e. The highest BCUT2D eigenvalue weighted by atomic mass is 35.5. The average molecular weight is 294 g/mol. The van der Waals surface area contributed by atoms with Crippen molar-refractivity contribution < 1.29 is 9.53 Å². The molecule has 0 saturated carbocycles. The molecule has 2 aromatic rings. The third-order valence-electron chi connectivity index (χ3n) is 2.48. The third kappa shape index (κ3) is 3.72. The zero-order valence-corrected chi connectivity index (χ0v) is 11.9. The Morgan fingerprint density at radius 3 is 2.74 bits per heavy atom. The SMILES string of the molecule is COC(=O)c1cccnc1CSc1ccc(Cl)cc1. The molecule has 0 unspecified atom stereocenters. The summed E-state index contributed by atoms with van der Waals surface area (Å²) in [5.74, 6) is 0.243. The summed E-state index contributed by atoms with van der Waals surface area (Å²) in [6.07, 6.45) is 1.67. The summed E-state index contributed by atoms with van der Waals surface area (Å²) in [4.78, 5) is 16.9. The molecule has 2 rings (SSSR count). The van der Waals surface area contributed by atoms with Crippen LogP contribution in [0.25, 0.3) is 0 Å². The minimum atomic E-state index is -0.361. The second-order valence-corrected chi connectivity index (χ2v) is 5.22. The summed E-state index contributed by atoms with van der Waals surface area (Å²) in [5.41, 5.74) is 1.22. The number of hydrogen-bond donors (Lipinski definition) is 0. The van der Waals surface area contributed by atoms with E-state index in [1.54, 1.807) is 30.1 Å². The van der Waals surface area contributed by atoms with Crippen molar-refractivity contribution in [1.29, 1.82) is 0 Å². The molecule has 0 saturated heterocycles. The topological polar surface area (TPSA) is 39.2 Å². The van der Waals surface area contributed by atoms with Crippen LogP contribution in [0, 0.1) is 0 Å². The van der Waals surface area contributed by atoms with Crippen LogP contribution in [0.4, 0.5) is 0 Å². The molecule has 19 heavy (non-hydrogen) atoms. The van der Waals surface area contributed by atoms with Gasteiger partial charge in [0.1, 0.15) is 0 Å². The fourth-order valence-electron chi connectivity index (χ4n) is 1.53. The second-order valence-electron chi connectivity index (χ2n) is 3.73. The van der Waals surface area contributed by atoms with Gasteiger partial charge in [-0.2, -0.15) is 0 Å². The van der Waals surface area contributed by atoms with Gasteiger partial charge in [0.15, 0.2) is 0 Å². The van der Waals surface area contributed by atoms with E-state index in [-0.39, 0.29) is 5.97 Å². The molecule has 0 aliphatic carbocycles. The van der Waals surface area contributed by atoms with E-state index >= 15 is 0 Å². The lowest BCUT2D eigenvalue weighted by atomic mass is 10.2. The number of pyridine rings is 1. The monoisotopic (exact) mass is 293 g/mol. The summed E-state index contributed by atoms with van der Waals surface area (Å²) in [6, 6.07) is 11.0. The molecule has 0 amide bonds. The quantitative estimate of drug-likeness (QED) is 0.635. The van der Waals surface area contributed by atoms with E-state index < -0.39 is 0 Å². The van der Waals surface area contributed by atoms with Crippen molar-refractivity contribution in [3.8, 4) is 0 Å². The fraction of sp³-hybridized carbons (Fsp3) is 0.143. The van der Waals surface area contributed by atoms with Gasteiger partial charge >= 0.3 is 5.97 Å². The molecule has 1 aromatic heterocycles. The summed E-state index contributed by atoms with van der Waals surface area (Å²) in [7, 11) is 1.37. The molecule has 0 spiro atoms. The van der Waals surface area contributed by atoms with Crippen LogP contribution in [0.2, 0.25) is 5.02 Å². The van der Waals surface area contributed by atoms with Gasteiger partial charge in [-0.15, -0.1) is 11.8 Å². The third-order valence-corrected chi connectivity index (χ3v) is 3.76. The highest BCUT2D eigenvalue weighted by molar-refractivity contribution is 7.98. The molecule has 0 radical (unpaired) electrons. The van der Waals surface area contributed by atoms with Crippen molar-refractivity contribution in [3.63, 3.8) is 0 Å². The van der Waals surface area contributed by atoms with E-state index in [2.05, 4.69) is 4.98 Å². The van der Waals surface area contributed by atoms with E-state index in [0.717, 1.165) is 4.90 Å². The molecular weight excluding hydrogens is 282 g/mol. The predicted octanol–water partition coefficient (Wildman–Crippen LogP) is 3.81. The molecular formula is C14H12ClNO2S. The van der Waals surface area contributed by atoms with Crippen LogP contribution in [0.3, 0.4) is 0 Å². The maximum Gasteiger partial charge on any atom is 0.339 e.